The lowest BCUT2D eigenvalue weighted by atomic mass is 10.1. The molecule has 0 radical (unpaired) electrons. The minimum absolute atomic E-state index is 0.0275. The summed E-state index contributed by atoms with van der Waals surface area (Å²) in [5.41, 5.74) is 2.79. The Morgan fingerprint density at radius 1 is 1.42 bits per heavy atom. The first-order valence-electron chi connectivity index (χ1n) is 8.18. The highest BCUT2D eigenvalue weighted by Gasteiger charge is 2.25. The fourth-order valence-electron chi connectivity index (χ4n) is 2.99. The van der Waals surface area contributed by atoms with E-state index < -0.39 is 0 Å². The lowest BCUT2D eigenvalue weighted by Gasteiger charge is -2.16. The number of carbonyl (C=O) groups is 1. The van der Waals surface area contributed by atoms with Crippen LogP contribution in [-0.4, -0.2) is 35.2 Å². The molecule has 2 aromatic rings. The summed E-state index contributed by atoms with van der Waals surface area (Å²) in [6.45, 7) is 4.44. The molecule has 0 bridgehead atoms. The van der Waals surface area contributed by atoms with Crippen LogP contribution in [0.25, 0.3) is 0 Å². The van der Waals surface area contributed by atoms with Gasteiger partial charge in [0.25, 0.3) is 0 Å². The molecule has 0 N–H and O–H groups in total. The number of hydrogen-bond donors (Lipinski definition) is 0. The molecule has 0 spiro atoms. The maximum absolute atomic E-state index is 12.0. The highest BCUT2D eigenvalue weighted by Crippen LogP contribution is 2.21. The summed E-state index contributed by atoms with van der Waals surface area (Å²) in [6, 6.07) is 10.3. The van der Waals surface area contributed by atoms with Crippen LogP contribution in [0.1, 0.15) is 29.7 Å². The van der Waals surface area contributed by atoms with Gasteiger partial charge in [-0.15, -0.1) is 0 Å². The Hall–Kier alpha value is -1.85. The van der Waals surface area contributed by atoms with Crippen molar-refractivity contribution in [3.05, 3.63) is 52.4 Å². The Morgan fingerprint density at radius 2 is 2.21 bits per heavy atom. The zero-order chi connectivity index (χ0) is 16.9. The summed E-state index contributed by atoms with van der Waals surface area (Å²) in [4.78, 5) is 14.4. The molecule has 0 aliphatic carbocycles. The molecular formula is C18H21ClN2O3. The van der Waals surface area contributed by atoms with Gasteiger partial charge in [-0.25, -0.2) is 0 Å². The van der Waals surface area contributed by atoms with Crippen molar-refractivity contribution in [2.45, 2.75) is 38.8 Å². The van der Waals surface area contributed by atoms with Crippen molar-refractivity contribution in [1.82, 2.24) is 10.1 Å². The van der Waals surface area contributed by atoms with Crippen molar-refractivity contribution in [2.75, 3.05) is 13.1 Å². The second-order valence-electron chi connectivity index (χ2n) is 6.14. The molecule has 128 valence electrons. The molecule has 1 aliphatic rings. The fourth-order valence-corrected chi connectivity index (χ4v) is 3.26. The molecule has 1 saturated heterocycles. The predicted molar refractivity (Wildman–Crippen MR) is 90.8 cm³/mol. The van der Waals surface area contributed by atoms with Gasteiger partial charge in [-0.05, 0) is 36.9 Å². The predicted octanol–water partition coefficient (Wildman–Crippen LogP) is 3.39. The van der Waals surface area contributed by atoms with Gasteiger partial charge in [0.05, 0.1) is 5.69 Å². The lowest BCUT2D eigenvalue weighted by molar-refractivity contribution is -0.148. The lowest BCUT2D eigenvalue weighted by Crippen LogP contribution is -2.24. The molecule has 1 atom stereocenters. The minimum atomic E-state index is -0.196. The molecule has 1 fully saturated rings. The first-order valence-corrected chi connectivity index (χ1v) is 8.56. The third-order valence-corrected chi connectivity index (χ3v) is 4.59. The van der Waals surface area contributed by atoms with E-state index in [1.54, 1.807) is 0 Å². The van der Waals surface area contributed by atoms with Crippen LogP contribution >= 0.6 is 11.6 Å². The van der Waals surface area contributed by atoms with Gasteiger partial charge in [-0.2, -0.15) is 0 Å². The van der Waals surface area contributed by atoms with Crippen LogP contribution in [0, 0.1) is 6.92 Å². The molecular weight excluding hydrogens is 328 g/mol. The number of ether oxygens (including phenoxy) is 1. The molecule has 5 nitrogen and oxygen atoms in total. The summed E-state index contributed by atoms with van der Waals surface area (Å²) in [6.07, 6.45) is 1.64. The van der Waals surface area contributed by atoms with E-state index in [-0.39, 0.29) is 23.7 Å². The van der Waals surface area contributed by atoms with Crippen LogP contribution < -0.4 is 0 Å². The van der Waals surface area contributed by atoms with Gasteiger partial charge in [-0.3, -0.25) is 9.69 Å². The van der Waals surface area contributed by atoms with Gasteiger partial charge in [0, 0.05) is 31.6 Å². The van der Waals surface area contributed by atoms with E-state index in [0.717, 1.165) is 37.3 Å². The molecule has 3 rings (SSSR count). The maximum Gasteiger partial charge on any atom is 0.306 e. The molecule has 24 heavy (non-hydrogen) atoms. The zero-order valence-corrected chi connectivity index (χ0v) is 14.5. The number of aryl methyl sites for hydroxylation is 1. The molecule has 1 aliphatic heterocycles. The van der Waals surface area contributed by atoms with Crippen molar-refractivity contribution >= 4 is 17.6 Å². The summed E-state index contributed by atoms with van der Waals surface area (Å²) < 4.78 is 10.5. The van der Waals surface area contributed by atoms with E-state index in [1.807, 2.05) is 25.1 Å². The first-order chi connectivity index (χ1) is 11.6. The van der Waals surface area contributed by atoms with E-state index in [4.69, 9.17) is 20.9 Å². The topological polar surface area (TPSA) is 55.6 Å². The molecule has 0 saturated carbocycles. The highest BCUT2D eigenvalue weighted by molar-refractivity contribution is 6.29. The fraction of sp³-hybridized carbons (Fsp3) is 0.444. The molecule has 0 amide bonds. The number of nitrogens with zero attached hydrogens (tertiary/aromatic N) is 2. The third kappa shape index (κ3) is 4.36. The first kappa shape index (κ1) is 17.0. The Bertz CT molecular complexity index is 667. The van der Waals surface area contributed by atoms with Crippen LogP contribution in [0.2, 0.25) is 5.22 Å². The quantitative estimate of drug-likeness (QED) is 0.749. The second-order valence-corrected chi connectivity index (χ2v) is 6.48. The number of halogens is 1. The van der Waals surface area contributed by atoms with Gasteiger partial charge < -0.3 is 9.26 Å². The van der Waals surface area contributed by atoms with Gasteiger partial charge in [0.2, 0.25) is 5.22 Å². The van der Waals surface area contributed by atoms with E-state index >= 15 is 0 Å². The second kappa shape index (κ2) is 7.81. The van der Waals surface area contributed by atoms with Crippen molar-refractivity contribution < 1.29 is 14.1 Å². The van der Waals surface area contributed by atoms with Gasteiger partial charge in [0.1, 0.15) is 6.10 Å². The Balaban J connectivity index is 1.43. The summed E-state index contributed by atoms with van der Waals surface area (Å²) in [7, 11) is 0. The standard InChI is InChI=1S/C18H21ClN2O3/c1-13-16(18(19)24-20-13)7-8-17(22)23-15-9-10-21(12-15)11-14-5-3-2-4-6-14/h2-6,15H,7-12H2,1H3/t15-/m1/s1. The SMILES string of the molecule is Cc1noc(Cl)c1CCC(=O)O[C@@H]1CCN(Cc2ccccc2)C1. The molecule has 0 unspecified atom stereocenters. The summed E-state index contributed by atoms with van der Waals surface area (Å²) >= 11 is 5.91. The van der Waals surface area contributed by atoms with Crippen LogP contribution in [0.4, 0.5) is 0 Å². The van der Waals surface area contributed by atoms with Crippen molar-refractivity contribution in [3.63, 3.8) is 0 Å². The van der Waals surface area contributed by atoms with E-state index in [2.05, 4.69) is 22.2 Å². The smallest absolute Gasteiger partial charge is 0.306 e. The average Bonchev–Trinajstić information content (AvgIpc) is 3.13. The number of rotatable bonds is 6. The van der Waals surface area contributed by atoms with Crippen LogP contribution in [0.3, 0.4) is 0 Å². The summed E-state index contributed by atoms with van der Waals surface area (Å²) in [5, 5.41) is 4.04. The van der Waals surface area contributed by atoms with E-state index in [0.29, 0.717) is 6.42 Å². The Kier molecular flexibility index (Phi) is 5.53. The number of aromatic nitrogens is 1. The molecule has 1 aromatic heterocycles. The third-order valence-electron chi connectivity index (χ3n) is 4.29. The molecule has 1 aromatic carbocycles. The monoisotopic (exact) mass is 348 g/mol. The van der Waals surface area contributed by atoms with Crippen molar-refractivity contribution in [2.24, 2.45) is 0 Å². The van der Waals surface area contributed by atoms with Crippen LogP contribution in [0.5, 0.6) is 0 Å². The van der Waals surface area contributed by atoms with E-state index in [1.165, 1.54) is 5.56 Å². The largest absolute Gasteiger partial charge is 0.461 e. The van der Waals surface area contributed by atoms with Crippen molar-refractivity contribution in [3.8, 4) is 0 Å². The normalized spacial score (nSPS) is 18.0. The van der Waals surface area contributed by atoms with Gasteiger partial charge >= 0.3 is 5.97 Å². The number of esters is 1. The number of hydrogen-bond acceptors (Lipinski definition) is 5. The highest BCUT2D eigenvalue weighted by atomic mass is 35.5. The summed E-state index contributed by atoms with van der Waals surface area (Å²) in [5.74, 6) is -0.196. The Labute approximate surface area is 146 Å². The zero-order valence-electron chi connectivity index (χ0n) is 13.7. The van der Waals surface area contributed by atoms with Crippen LogP contribution in [-0.2, 0) is 22.5 Å². The Morgan fingerprint density at radius 3 is 2.92 bits per heavy atom. The number of carbonyl (C=O) groups excluding carboxylic acids is 1. The average molecular weight is 349 g/mol. The minimum Gasteiger partial charge on any atom is -0.461 e. The maximum atomic E-state index is 12.0. The number of benzene rings is 1. The number of likely N-dealkylation sites (tertiary alicyclic amines) is 1. The van der Waals surface area contributed by atoms with E-state index in [9.17, 15) is 4.79 Å². The van der Waals surface area contributed by atoms with Gasteiger partial charge in [-0.1, -0.05) is 35.5 Å². The van der Waals surface area contributed by atoms with Crippen molar-refractivity contribution in [1.29, 1.82) is 0 Å². The van der Waals surface area contributed by atoms with Crippen LogP contribution in [0.15, 0.2) is 34.9 Å². The molecule has 2 heterocycles. The molecule has 6 heteroatoms. The van der Waals surface area contributed by atoms with Gasteiger partial charge in [0.15, 0.2) is 0 Å².